The molecule has 0 aliphatic rings. The van der Waals surface area contributed by atoms with Gasteiger partial charge in [-0.25, -0.2) is 0 Å². The van der Waals surface area contributed by atoms with Gasteiger partial charge in [0.2, 0.25) is 0 Å². The molecule has 0 N–H and O–H groups in total. The third-order valence-electron chi connectivity index (χ3n) is 3.35. The van der Waals surface area contributed by atoms with Gasteiger partial charge >= 0.3 is 0 Å². The minimum absolute atomic E-state index is 0.267. The largest absolute Gasteiger partial charge is 0.491 e. The molecule has 0 aliphatic heterocycles. The summed E-state index contributed by atoms with van der Waals surface area (Å²) in [5.41, 5.74) is 2.89. The highest BCUT2D eigenvalue weighted by Crippen LogP contribution is 2.16. The SMILES string of the molecule is C=C(OCCOCOC)c1ccc(C#Cc2ccc(SC)cc2)cc1. The van der Waals surface area contributed by atoms with E-state index in [0.29, 0.717) is 19.0 Å². The van der Waals surface area contributed by atoms with E-state index in [1.54, 1.807) is 18.9 Å². The summed E-state index contributed by atoms with van der Waals surface area (Å²) in [5, 5.41) is 0. The normalized spacial score (nSPS) is 10.0. The number of hydrogen-bond acceptors (Lipinski definition) is 4. The Bertz CT molecular complexity index is 724. The van der Waals surface area contributed by atoms with Crippen molar-refractivity contribution in [1.82, 2.24) is 0 Å². The third kappa shape index (κ3) is 6.67. The van der Waals surface area contributed by atoms with E-state index < -0.39 is 0 Å². The molecule has 2 aromatic rings. The van der Waals surface area contributed by atoms with Crippen molar-refractivity contribution in [2.24, 2.45) is 0 Å². The van der Waals surface area contributed by atoms with Crippen LogP contribution < -0.4 is 0 Å². The summed E-state index contributed by atoms with van der Waals surface area (Å²) in [5.74, 6) is 6.96. The van der Waals surface area contributed by atoms with Gasteiger partial charge in [0.25, 0.3) is 0 Å². The van der Waals surface area contributed by atoms with Gasteiger partial charge in [0.1, 0.15) is 19.2 Å². The maximum atomic E-state index is 5.55. The second kappa shape index (κ2) is 10.6. The average Bonchev–Trinajstić information content (AvgIpc) is 2.67. The molecule has 2 aromatic carbocycles. The van der Waals surface area contributed by atoms with E-state index >= 15 is 0 Å². The lowest BCUT2D eigenvalue weighted by Gasteiger charge is -2.09. The van der Waals surface area contributed by atoms with E-state index in [4.69, 9.17) is 14.2 Å². The highest BCUT2D eigenvalue weighted by molar-refractivity contribution is 7.98. The van der Waals surface area contributed by atoms with Crippen LogP contribution in [0, 0.1) is 11.8 Å². The quantitative estimate of drug-likeness (QED) is 0.231. The van der Waals surface area contributed by atoms with Crippen molar-refractivity contribution in [2.45, 2.75) is 4.90 Å². The highest BCUT2D eigenvalue weighted by Gasteiger charge is 2.00. The minimum atomic E-state index is 0.267. The average molecular weight is 354 g/mol. The minimum Gasteiger partial charge on any atom is -0.491 e. The number of ether oxygens (including phenoxy) is 3. The van der Waals surface area contributed by atoms with Crippen LogP contribution in [0.2, 0.25) is 0 Å². The summed E-state index contributed by atoms with van der Waals surface area (Å²) < 4.78 is 15.5. The molecule has 0 unspecified atom stereocenters. The summed E-state index contributed by atoms with van der Waals surface area (Å²) in [6.07, 6.45) is 2.06. The van der Waals surface area contributed by atoms with Crippen molar-refractivity contribution in [3.63, 3.8) is 0 Å². The zero-order chi connectivity index (χ0) is 17.9. The first kappa shape index (κ1) is 19.1. The van der Waals surface area contributed by atoms with Gasteiger partial charge in [0, 0.05) is 28.7 Å². The molecule has 0 aromatic heterocycles. The zero-order valence-electron chi connectivity index (χ0n) is 14.6. The number of benzene rings is 2. The van der Waals surface area contributed by atoms with Crippen LogP contribution in [-0.2, 0) is 14.2 Å². The lowest BCUT2D eigenvalue weighted by Crippen LogP contribution is -2.05. The van der Waals surface area contributed by atoms with Gasteiger partial charge in [-0.1, -0.05) is 30.6 Å². The predicted octanol–water partition coefficient (Wildman–Crippen LogP) is 4.42. The molecule has 2 rings (SSSR count). The maximum Gasteiger partial charge on any atom is 0.146 e. The van der Waals surface area contributed by atoms with E-state index in [0.717, 1.165) is 16.7 Å². The Morgan fingerprint density at radius 3 is 2.12 bits per heavy atom. The Balaban J connectivity index is 1.89. The van der Waals surface area contributed by atoms with Crippen molar-refractivity contribution >= 4 is 17.5 Å². The van der Waals surface area contributed by atoms with E-state index in [2.05, 4.69) is 36.8 Å². The molecule has 0 atom stereocenters. The summed E-state index contributed by atoms with van der Waals surface area (Å²) in [4.78, 5) is 1.24. The fourth-order valence-electron chi connectivity index (χ4n) is 2.01. The molecule has 0 bridgehead atoms. The zero-order valence-corrected chi connectivity index (χ0v) is 15.4. The van der Waals surface area contributed by atoms with Crippen molar-refractivity contribution in [1.29, 1.82) is 0 Å². The first-order chi connectivity index (χ1) is 12.2. The maximum absolute atomic E-state index is 5.55. The molecule has 0 fully saturated rings. The van der Waals surface area contributed by atoms with Crippen molar-refractivity contribution in [3.05, 3.63) is 71.8 Å². The molecule has 0 radical (unpaired) electrons. The highest BCUT2D eigenvalue weighted by atomic mass is 32.2. The molecule has 0 spiro atoms. The molecule has 0 aliphatic carbocycles. The topological polar surface area (TPSA) is 27.7 Å². The summed E-state index contributed by atoms with van der Waals surface area (Å²) in [6.45, 7) is 5.11. The van der Waals surface area contributed by atoms with Crippen LogP contribution in [0.5, 0.6) is 0 Å². The second-order valence-corrected chi connectivity index (χ2v) is 6.02. The number of methoxy groups -OCH3 is 1. The van der Waals surface area contributed by atoms with Gasteiger partial charge in [-0.15, -0.1) is 11.8 Å². The lowest BCUT2D eigenvalue weighted by atomic mass is 10.1. The first-order valence-corrected chi connectivity index (χ1v) is 9.10. The smallest absolute Gasteiger partial charge is 0.146 e. The van der Waals surface area contributed by atoms with Gasteiger partial charge in [0.05, 0.1) is 6.61 Å². The number of thioether (sulfide) groups is 1. The van der Waals surface area contributed by atoms with E-state index in [1.807, 2.05) is 36.4 Å². The number of rotatable bonds is 8. The molecule has 3 nitrogen and oxygen atoms in total. The Labute approximate surface area is 154 Å². The number of hydrogen-bond donors (Lipinski definition) is 0. The molecule has 0 heterocycles. The molecule has 0 amide bonds. The lowest BCUT2D eigenvalue weighted by molar-refractivity contribution is -0.0410. The fourth-order valence-corrected chi connectivity index (χ4v) is 2.42. The van der Waals surface area contributed by atoms with Gasteiger partial charge in [-0.05, 0) is 42.7 Å². The Hall–Kier alpha value is -2.19. The first-order valence-electron chi connectivity index (χ1n) is 7.88. The van der Waals surface area contributed by atoms with Crippen molar-refractivity contribution in [3.8, 4) is 11.8 Å². The van der Waals surface area contributed by atoms with E-state index in [1.165, 1.54) is 4.90 Å². The molecule has 4 heteroatoms. The van der Waals surface area contributed by atoms with Gasteiger partial charge in [-0.3, -0.25) is 0 Å². The van der Waals surface area contributed by atoms with Gasteiger partial charge < -0.3 is 14.2 Å². The third-order valence-corrected chi connectivity index (χ3v) is 4.10. The molecular weight excluding hydrogens is 332 g/mol. The van der Waals surface area contributed by atoms with Crippen molar-refractivity contribution in [2.75, 3.05) is 33.4 Å². The van der Waals surface area contributed by atoms with Crippen LogP contribution in [0.1, 0.15) is 16.7 Å². The summed E-state index contributed by atoms with van der Waals surface area (Å²) in [7, 11) is 1.59. The Morgan fingerprint density at radius 1 is 0.960 bits per heavy atom. The van der Waals surface area contributed by atoms with Crippen LogP contribution in [0.3, 0.4) is 0 Å². The Kier molecular flexibility index (Phi) is 8.14. The van der Waals surface area contributed by atoms with Crippen molar-refractivity contribution < 1.29 is 14.2 Å². The van der Waals surface area contributed by atoms with Gasteiger partial charge in [0.15, 0.2) is 0 Å². The molecular formula is C21H22O3S. The summed E-state index contributed by atoms with van der Waals surface area (Å²) in [6, 6.07) is 16.1. The molecule has 0 saturated carbocycles. The Morgan fingerprint density at radius 2 is 1.56 bits per heavy atom. The van der Waals surface area contributed by atoms with Crippen LogP contribution in [0.15, 0.2) is 60.0 Å². The standard InChI is InChI=1S/C21H22O3S/c1-17(24-15-14-23-16-22-2)20-10-6-18(7-11-20)4-5-19-8-12-21(25-3)13-9-19/h6-13H,1,14-16H2,2-3H3. The van der Waals surface area contributed by atoms with Gasteiger partial charge in [-0.2, -0.15) is 0 Å². The van der Waals surface area contributed by atoms with Crippen LogP contribution in [0.4, 0.5) is 0 Å². The van der Waals surface area contributed by atoms with Crippen LogP contribution >= 0.6 is 11.8 Å². The predicted molar refractivity (Wildman–Crippen MR) is 103 cm³/mol. The molecule has 130 valence electrons. The second-order valence-electron chi connectivity index (χ2n) is 5.14. The van der Waals surface area contributed by atoms with Crippen LogP contribution in [-0.4, -0.2) is 33.4 Å². The molecule has 0 saturated heterocycles. The van der Waals surface area contributed by atoms with E-state index in [-0.39, 0.29) is 6.79 Å². The summed E-state index contributed by atoms with van der Waals surface area (Å²) >= 11 is 1.72. The molecule has 25 heavy (non-hydrogen) atoms. The van der Waals surface area contributed by atoms with Crippen LogP contribution in [0.25, 0.3) is 5.76 Å². The monoisotopic (exact) mass is 354 g/mol. The fraction of sp³-hybridized carbons (Fsp3) is 0.238. The van der Waals surface area contributed by atoms with E-state index in [9.17, 15) is 0 Å².